The number of carbonyl (C=O) groups is 1. The first-order chi connectivity index (χ1) is 19.1. The van der Waals surface area contributed by atoms with E-state index in [-0.39, 0.29) is 49.0 Å². The van der Waals surface area contributed by atoms with Crippen molar-refractivity contribution in [3.8, 4) is 5.75 Å². The zero-order valence-corrected chi connectivity index (χ0v) is 24.1. The van der Waals surface area contributed by atoms with Gasteiger partial charge in [-0.3, -0.25) is 9.78 Å². The number of hydrogen-bond donors (Lipinski definition) is 0. The van der Waals surface area contributed by atoms with E-state index in [1.807, 2.05) is 58.2 Å². The number of pyridine rings is 1. The van der Waals surface area contributed by atoms with Crippen LogP contribution in [0.3, 0.4) is 0 Å². The zero-order valence-electron chi connectivity index (χ0n) is 23.3. The zero-order chi connectivity index (χ0) is 28.6. The van der Waals surface area contributed by atoms with E-state index >= 15 is 0 Å². The summed E-state index contributed by atoms with van der Waals surface area (Å²) < 4.78 is 41.7. The fraction of sp³-hybridized carbons (Fsp3) is 0.379. The second-order valence-electron chi connectivity index (χ2n) is 10.2. The van der Waals surface area contributed by atoms with E-state index < -0.39 is 10.0 Å². The normalized spacial score (nSPS) is 17.6. The fourth-order valence-corrected chi connectivity index (χ4v) is 6.83. The van der Waals surface area contributed by atoms with Crippen molar-refractivity contribution in [2.45, 2.75) is 57.6 Å². The molecule has 0 bridgehead atoms. The molecule has 210 valence electrons. The van der Waals surface area contributed by atoms with Crippen molar-refractivity contribution >= 4 is 27.0 Å². The van der Waals surface area contributed by atoms with Crippen molar-refractivity contribution < 1.29 is 22.7 Å². The molecule has 1 aliphatic rings. The van der Waals surface area contributed by atoms with Gasteiger partial charge >= 0.3 is 5.97 Å². The molecule has 0 N–H and O–H groups in total. The summed E-state index contributed by atoms with van der Waals surface area (Å²) in [4.78, 5) is 16.8. The van der Waals surface area contributed by atoms with Crippen molar-refractivity contribution in [2.75, 3.05) is 13.2 Å². The van der Waals surface area contributed by atoms with E-state index in [9.17, 15) is 13.2 Å². The number of aromatic nitrogens is 4. The summed E-state index contributed by atoms with van der Waals surface area (Å²) in [6.07, 6.45) is 2.64. The molecular formula is C29H33N5O5S. The molecule has 0 saturated heterocycles. The molecule has 5 rings (SSSR count). The molecule has 2 aromatic carbocycles. The Morgan fingerprint density at radius 3 is 2.77 bits per heavy atom. The highest BCUT2D eigenvalue weighted by Gasteiger charge is 2.34. The van der Waals surface area contributed by atoms with Crippen LogP contribution in [0.4, 0.5) is 0 Å². The fourth-order valence-electron chi connectivity index (χ4n) is 5.27. The maximum absolute atomic E-state index is 13.6. The Hall–Kier alpha value is -3.83. The SMILES string of the molecule is CCOC(=O)CC(c1ccc(C)c(CN2C[C@@H](C)Oc3ccncc3S2(=O)=O)c1)c1ccc2c(nnn2C)c1C. The van der Waals surface area contributed by atoms with Crippen LogP contribution >= 0.6 is 0 Å². The van der Waals surface area contributed by atoms with Gasteiger partial charge in [0.1, 0.15) is 22.3 Å². The average molecular weight is 564 g/mol. The summed E-state index contributed by atoms with van der Waals surface area (Å²) >= 11 is 0. The smallest absolute Gasteiger partial charge is 0.306 e. The molecule has 0 spiro atoms. The Bertz CT molecular complexity index is 1680. The molecular weight excluding hydrogens is 530 g/mol. The lowest BCUT2D eigenvalue weighted by Crippen LogP contribution is -2.35. The highest BCUT2D eigenvalue weighted by atomic mass is 32.2. The number of ether oxygens (including phenoxy) is 2. The lowest BCUT2D eigenvalue weighted by Gasteiger charge is -2.24. The van der Waals surface area contributed by atoms with E-state index in [2.05, 4.69) is 15.3 Å². The number of nitrogens with zero attached hydrogens (tertiary/aromatic N) is 5. The molecule has 1 unspecified atom stereocenters. The van der Waals surface area contributed by atoms with Crippen LogP contribution in [0.1, 0.15) is 54.0 Å². The minimum absolute atomic E-state index is 0.0567. The second-order valence-corrected chi connectivity index (χ2v) is 12.1. The van der Waals surface area contributed by atoms with E-state index in [1.54, 1.807) is 17.7 Å². The van der Waals surface area contributed by atoms with Gasteiger partial charge < -0.3 is 9.47 Å². The number of benzene rings is 2. The molecule has 0 saturated carbocycles. The molecule has 1 aliphatic heterocycles. The standard InChI is InChI=1S/C29H33N5O5S/c1-6-38-28(35)14-24(23-9-10-25-29(20(23)4)31-32-33(25)5)21-8-7-18(2)22(13-21)17-34-16-19(3)39-26-11-12-30-15-27(26)40(34,36)37/h7-13,15,19,24H,6,14,16-17H2,1-5H3/t19-,24?/m1/s1. The Morgan fingerprint density at radius 1 is 1.20 bits per heavy atom. The van der Waals surface area contributed by atoms with E-state index in [4.69, 9.17) is 9.47 Å². The largest absolute Gasteiger partial charge is 0.488 e. The predicted octanol–water partition coefficient (Wildman–Crippen LogP) is 4.04. The molecule has 11 heteroatoms. The molecule has 0 fully saturated rings. The van der Waals surface area contributed by atoms with Crippen molar-refractivity contribution in [3.63, 3.8) is 0 Å². The quantitative estimate of drug-likeness (QED) is 0.310. The Kier molecular flexibility index (Phi) is 7.61. The Labute approximate surface area is 234 Å². The van der Waals surface area contributed by atoms with Gasteiger partial charge in [-0.1, -0.05) is 29.5 Å². The van der Waals surface area contributed by atoms with Crippen molar-refractivity contribution in [3.05, 3.63) is 76.6 Å². The molecule has 3 heterocycles. The number of esters is 1. The highest BCUT2D eigenvalue weighted by Crippen LogP contribution is 2.36. The Balaban J connectivity index is 1.56. The maximum Gasteiger partial charge on any atom is 0.306 e. The van der Waals surface area contributed by atoms with Crippen LogP contribution in [0.15, 0.2) is 53.7 Å². The molecule has 4 aromatic rings. The minimum atomic E-state index is -3.85. The monoisotopic (exact) mass is 563 g/mol. The van der Waals surface area contributed by atoms with Gasteiger partial charge in [0.2, 0.25) is 10.0 Å². The third-order valence-corrected chi connectivity index (χ3v) is 9.23. The van der Waals surface area contributed by atoms with Gasteiger partial charge in [0.15, 0.2) is 0 Å². The molecule has 2 aromatic heterocycles. The van der Waals surface area contributed by atoms with E-state index in [1.165, 1.54) is 16.7 Å². The number of sulfonamides is 1. The number of carbonyl (C=O) groups excluding carboxylic acids is 1. The van der Waals surface area contributed by atoms with Crippen LogP contribution in [-0.2, 0) is 33.1 Å². The summed E-state index contributed by atoms with van der Waals surface area (Å²) in [6.45, 7) is 8.20. The van der Waals surface area contributed by atoms with E-state index in [0.29, 0.717) is 5.75 Å². The number of fused-ring (bicyclic) bond motifs is 2. The van der Waals surface area contributed by atoms with Gasteiger partial charge in [-0.05, 0) is 67.6 Å². The molecule has 40 heavy (non-hydrogen) atoms. The van der Waals surface area contributed by atoms with E-state index in [0.717, 1.165) is 38.9 Å². The Morgan fingerprint density at radius 2 is 2.00 bits per heavy atom. The third kappa shape index (κ3) is 5.18. The average Bonchev–Trinajstić information content (AvgIpc) is 3.26. The topological polar surface area (TPSA) is 117 Å². The molecule has 0 radical (unpaired) electrons. The minimum Gasteiger partial charge on any atom is -0.488 e. The van der Waals surface area contributed by atoms with Gasteiger partial charge in [0.25, 0.3) is 0 Å². The van der Waals surface area contributed by atoms with Gasteiger partial charge in [-0.25, -0.2) is 13.1 Å². The van der Waals surface area contributed by atoms with Crippen LogP contribution in [0.2, 0.25) is 0 Å². The lowest BCUT2D eigenvalue weighted by molar-refractivity contribution is -0.143. The number of hydrogen-bond acceptors (Lipinski definition) is 8. The molecule has 10 nitrogen and oxygen atoms in total. The maximum atomic E-state index is 13.6. The predicted molar refractivity (Wildman–Crippen MR) is 149 cm³/mol. The summed E-state index contributed by atoms with van der Waals surface area (Å²) in [6, 6.07) is 11.5. The van der Waals surface area contributed by atoms with Crippen LogP contribution < -0.4 is 4.74 Å². The summed E-state index contributed by atoms with van der Waals surface area (Å²) in [5.74, 6) is -0.323. The summed E-state index contributed by atoms with van der Waals surface area (Å²) in [7, 11) is -2.01. The number of rotatable bonds is 7. The van der Waals surface area contributed by atoms with Crippen molar-refractivity contribution in [2.24, 2.45) is 7.05 Å². The van der Waals surface area contributed by atoms with Crippen LogP contribution in [0.25, 0.3) is 11.0 Å². The first kappa shape index (κ1) is 27.7. The number of aryl methyl sites for hydroxylation is 3. The van der Waals surface area contributed by atoms with Crippen molar-refractivity contribution in [1.82, 2.24) is 24.3 Å². The first-order valence-corrected chi connectivity index (χ1v) is 14.7. The third-order valence-electron chi connectivity index (χ3n) is 7.41. The molecule has 0 aliphatic carbocycles. The van der Waals surface area contributed by atoms with Crippen LogP contribution in [0, 0.1) is 13.8 Å². The summed E-state index contributed by atoms with van der Waals surface area (Å²) in [5.41, 5.74) is 6.23. The molecule has 2 atom stereocenters. The van der Waals surface area contributed by atoms with Gasteiger partial charge in [-0.2, -0.15) is 4.31 Å². The molecule has 0 amide bonds. The van der Waals surface area contributed by atoms with Crippen LogP contribution in [0.5, 0.6) is 5.75 Å². The highest BCUT2D eigenvalue weighted by molar-refractivity contribution is 7.89. The van der Waals surface area contributed by atoms with Crippen molar-refractivity contribution in [1.29, 1.82) is 0 Å². The summed E-state index contributed by atoms with van der Waals surface area (Å²) in [5, 5.41) is 8.49. The van der Waals surface area contributed by atoms with Gasteiger partial charge in [-0.15, -0.1) is 5.10 Å². The van der Waals surface area contributed by atoms with Gasteiger partial charge in [0.05, 0.1) is 31.3 Å². The van der Waals surface area contributed by atoms with Crippen LogP contribution in [-0.4, -0.2) is 57.9 Å². The second kappa shape index (κ2) is 11.0. The lowest BCUT2D eigenvalue weighted by atomic mass is 9.84. The van der Waals surface area contributed by atoms with Gasteiger partial charge in [0, 0.05) is 25.7 Å². The first-order valence-electron chi connectivity index (χ1n) is 13.2.